The largest absolute Gasteiger partial charge is 0.496 e. The van der Waals surface area contributed by atoms with Crippen molar-refractivity contribution in [3.8, 4) is 22.2 Å². The number of fused-ring (bicyclic) bond motifs is 3. The number of hydrogen-bond donors (Lipinski definition) is 3. The first-order valence-corrected chi connectivity index (χ1v) is 24.2. The van der Waals surface area contributed by atoms with Gasteiger partial charge in [-0.05, 0) is 88.6 Å². The Hall–Kier alpha value is -5.30. The molecular formula is C46H52F4N6O7S2. The minimum absolute atomic E-state index is 0.0832. The van der Waals surface area contributed by atoms with Crippen LogP contribution in [-0.4, -0.2) is 83.1 Å². The highest BCUT2D eigenvalue weighted by Gasteiger charge is 2.63. The molecule has 348 valence electrons. The zero-order valence-electron chi connectivity index (χ0n) is 36.7. The first kappa shape index (κ1) is 46.2. The van der Waals surface area contributed by atoms with E-state index in [2.05, 4.69) is 15.4 Å². The summed E-state index contributed by atoms with van der Waals surface area (Å²) in [6.07, 6.45) is 1.21. The zero-order valence-corrected chi connectivity index (χ0v) is 38.3. The van der Waals surface area contributed by atoms with E-state index in [0.29, 0.717) is 77.7 Å². The monoisotopic (exact) mass is 940 g/mol. The van der Waals surface area contributed by atoms with Gasteiger partial charge in [0.05, 0.1) is 35.2 Å². The van der Waals surface area contributed by atoms with Crippen molar-refractivity contribution in [2.75, 3.05) is 19.0 Å². The molecule has 3 N–H and O–H groups in total. The summed E-state index contributed by atoms with van der Waals surface area (Å²) in [7, 11) is -2.53. The molecule has 0 unspecified atom stereocenters. The van der Waals surface area contributed by atoms with E-state index in [-0.39, 0.29) is 37.4 Å². The molecule has 0 radical (unpaired) electrons. The van der Waals surface area contributed by atoms with Gasteiger partial charge in [0.1, 0.15) is 51.7 Å². The molecule has 2 aliphatic carbocycles. The van der Waals surface area contributed by atoms with E-state index in [1.807, 2.05) is 32.2 Å². The Morgan fingerprint density at radius 2 is 1.83 bits per heavy atom. The third kappa shape index (κ3) is 9.40. The van der Waals surface area contributed by atoms with E-state index in [0.717, 1.165) is 23.4 Å². The minimum atomic E-state index is -4.86. The Kier molecular flexibility index (Phi) is 12.4. The van der Waals surface area contributed by atoms with Crippen molar-refractivity contribution >= 4 is 55.7 Å². The molecule has 0 bridgehead atoms. The van der Waals surface area contributed by atoms with Crippen LogP contribution in [0.25, 0.3) is 21.6 Å². The van der Waals surface area contributed by atoms with E-state index in [4.69, 9.17) is 19.4 Å². The lowest BCUT2D eigenvalue weighted by atomic mass is 10.0. The summed E-state index contributed by atoms with van der Waals surface area (Å²) < 4.78 is 96.3. The first-order valence-electron chi connectivity index (χ1n) is 21.8. The molecule has 4 aromatic rings. The number of sulfonamides is 1. The van der Waals surface area contributed by atoms with Crippen LogP contribution in [0, 0.1) is 18.7 Å². The molecule has 2 saturated carbocycles. The summed E-state index contributed by atoms with van der Waals surface area (Å²) in [6.45, 7) is 7.32. The number of pyridine rings is 1. The zero-order chi connectivity index (χ0) is 46.6. The van der Waals surface area contributed by atoms with Gasteiger partial charge in [-0.3, -0.25) is 19.1 Å². The topological polar surface area (TPSA) is 169 Å². The van der Waals surface area contributed by atoms with Gasteiger partial charge in [-0.2, -0.15) is 13.2 Å². The van der Waals surface area contributed by atoms with Gasteiger partial charge < -0.3 is 25.0 Å². The molecular weight excluding hydrogens is 889 g/mol. The average Bonchev–Trinajstić information content (AvgIpc) is 4.02. The number of carbonyl (C=O) groups is 3. The normalized spacial score (nSPS) is 25.2. The van der Waals surface area contributed by atoms with Crippen LogP contribution in [0.1, 0.15) is 101 Å². The lowest BCUT2D eigenvalue weighted by Gasteiger charge is -2.30. The quantitative estimate of drug-likeness (QED) is 0.104. The number of methoxy groups -OCH3 is 1. The van der Waals surface area contributed by atoms with Crippen molar-refractivity contribution in [3.05, 3.63) is 76.6 Å². The van der Waals surface area contributed by atoms with E-state index in [9.17, 15) is 40.4 Å². The first-order chi connectivity index (χ1) is 30.7. The van der Waals surface area contributed by atoms with Gasteiger partial charge >= 0.3 is 6.18 Å². The number of allylic oxidation sites excluding steroid dienone is 1. The number of aryl methyl sites for hydroxylation is 1. The number of nitrogens with zero attached hydrogens (tertiary/aromatic N) is 3. The molecule has 8 rings (SSSR count). The SMILES string of the molecule is COc1ccc2c(O[C@@H]3C[C@H]4C(=O)N[C@]5(C(=O)NS(=O)(=O)C6(C)CC6)C[C@H]5/C=C\CCCCC[C@H](Nc5cc(F)cc(C(F)(F)F)c5)C(=O)N4C3)cc(-c3nc(C(C)C)cs3)nc2c1C. The highest BCUT2D eigenvalue weighted by molar-refractivity contribution is 7.91. The summed E-state index contributed by atoms with van der Waals surface area (Å²) in [5.74, 6) is -2.82. The maximum absolute atomic E-state index is 14.9. The van der Waals surface area contributed by atoms with Crippen LogP contribution in [0.15, 0.2) is 53.9 Å². The fourth-order valence-corrected chi connectivity index (χ4v) is 10.9. The van der Waals surface area contributed by atoms with Crippen LogP contribution >= 0.6 is 11.3 Å². The number of anilines is 1. The second-order valence-corrected chi connectivity index (χ2v) is 21.2. The summed E-state index contributed by atoms with van der Waals surface area (Å²) in [4.78, 5) is 54.8. The number of nitrogens with one attached hydrogen (secondary N) is 3. The van der Waals surface area contributed by atoms with E-state index in [1.165, 1.54) is 16.2 Å². The van der Waals surface area contributed by atoms with Crippen molar-refractivity contribution in [3.63, 3.8) is 0 Å². The number of amides is 3. The van der Waals surface area contributed by atoms with Gasteiger partial charge in [-0.25, -0.2) is 22.8 Å². The second kappa shape index (κ2) is 17.5. The van der Waals surface area contributed by atoms with Crippen LogP contribution in [0.2, 0.25) is 0 Å². The van der Waals surface area contributed by atoms with Gasteiger partial charge in [0.15, 0.2) is 0 Å². The molecule has 19 heteroatoms. The van der Waals surface area contributed by atoms with Crippen molar-refractivity contribution in [1.29, 1.82) is 0 Å². The molecule has 2 aromatic carbocycles. The predicted octanol–water partition coefficient (Wildman–Crippen LogP) is 8.18. The predicted molar refractivity (Wildman–Crippen MR) is 237 cm³/mol. The highest BCUT2D eigenvalue weighted by atomic mass is 32.2. The van der Waals surface area contributed by atoms with E-state index in [1.54, 1.807) is 38.3 Å². The number of alkyl halides is 3. The van der Waals surface area contributed by atoms with E-state index < -0.39 is 79.7 Å². The number of halogens is 4. The van der Waals surface area contributed by atoms with Crippen LogP contribution in [-0.2, 0) is 30.6 Å². The Labute approximate surface area is 378 Å². The summed E-state index contributed by atoms with van der Waals surface area (Å²) >= 11 is 1.42. The van der Waals surface area contributed by atoms with Gasteiger partial charge in [0.25, 0.3) is 5.91 Å². The molecule has 5 atom stereocenters. The number of rotatable bonds is 10. The van der Waals surface area contributed by atoms with Crippen molar-refractivity contribution in [2.24, 2.45) is 5.92 Å². The van der Waals surface area contributed by atoms with E-state index >= 15 is 0 Å². The fourth-order valence-electron chi connectivity index (χ4n) is 8.64. The van der Waals surface area contributed by atoms with Crippen molar-refractivity contribution in [1.82, 2.24) is 24.9 Å². The number of benzene rings is 2. The highest BCUT2D eigenvalue weighted by Crippen LogP contribution is 2.48. The van der Waals surface area contributed by atoms with Gasteiger partial charge in [-0.1, -0.05) is 38.8 Å². The smallest absolute Gasteiger partial charge is 0.416 e. The Morgan fingerprint density at radius 1 is 1.06 bits per heavy atom. The van der Waals surface area contributed by atoms with Gasteiger partial charge in [-0.15, -0.1) is 11.3 Å². The molecule has 4 aliphatic rings. The van der Waals surface area contributed by atoms with Gasteiger partial charge in [0.2, 0.25) is 21.8 Å². The third-order valence-electron chi connectivity index (χ3n) is 13.0. The lowest BCUT2D eigenvalue weighted by Crippen LogP contribution is -2.58. The standard InChI is InChI=1S/C46H52F4N6O7S2/c1-25(2)35-24-64-41(53-35)34-21-38(32-13-14-37(62-5)26(3)39(32)52-34)63-31-20-36-40(57)54-45(43(59)55-65(60,61)44(4)15-16-44)22-27(45)11-9-7-6-8-10-12-33(42(58)56(36)23-31)51-30-18-28(46(48,49)50)17-29(47)19-30/h9,11,13-14,17-19,21,24-25,27,31,33,36,51H,6-8,10,12,15-16,20,22-23H2,1-5H3,(H,54,57)(H,55,59)/b11-9-/t27-,31-,33+,36+,45-/m1/s1. The molecule has 4 heterocycles. The number of aromatic nitrogens is 2. The number of carbonyl (C=O) groups excluding carboxylic acids is 3. The number of thiazole rings is 1. The molecule has 0 spiro atoms. The van der Waals surface area contributed by atoms with Crippen LogP contribution in [0.4, 0.5) is 23.2 Å². The third-order valence-corrected chi connectivity index (χ3v) is 16.1. The molecule has 2 aliphatic heterocycles. The van der Waals surface area contributed by atoms with Crippen LogP contribution < -0.4 is 24.8 Å². The van der Waals surface area contributed by atoms with Crippen LogP contribution in [0.3, 0.4) is 0 Å². The number of hydrogen-bond acceptors (Lipinski definition) is 11. The number of ether oxygens (including phenoxy) is 2. The van der Waals surface area contributed by atoms with Gasteiger partial charge in [0, 0.05) is 40.4 Å². The molecule has 3 amide bonds. The summed E-state index contributed by atoms with van der Waals surface area (Å²) in [6, 6.07) is 4.83. The molecule has 65 heavy (non-hydrogen) atoms. The Morgan fingerprint density at radius 3 is 2.52 bits per heavy atom. The maximum Gasteiger partial charge on any atom is 0.416 e. The van der Waals surface area contributed by atoms with Crippen molar-refractivity contribution in [2.45, 2.75) is 126 Å². The molecule has 3 fully saturated rings. The molecule has 2 aromatic heterocycles. The lowest BCUT2D eigenvalue weighted by molar-refractivity contribution is -0.140. The fraction of sp³-hybridized carbons (Fsp3) is 0.500. The maximum atomic E-state index is 14.9. The van der Waals surface area contributed by atoms with Crippen molar-refractivity contribution < 1.29 is 49.8 Å². The average molecular weight is 941 g/mol. The van der Waals surface area contributed by atoms with Crippen LogP contribution in [0.5, 0.6) is 11.5 Å². The summed E-state index contributed by atoms with van der Waals surface area (Å²) in [5.41, 5.74) is -0.419. The Bertz CT molecular complexity index is 2670. The summed E-state index contributed by atoms with van der Waals surface area (Å²) in [5, 5.41) is 8.94. The Balaban J connectivity index is 1.17. The second-order valence-electron chi connectivity index (χ2n) is 18.2. The molecule has 1 saturated heterocycles. The molecule has 13 nitrogen and oxygen atoms in total. The minimum Gasteiger partial charge on any atom is -0.496 e.